The van der Waals surface area contributed by atoms with Crippen molar-refractivity contribution < 1.29 is 5.11 Å². The summed E-state index contributed by atoms with van der Waals surface area (Å²) < 4.78 is 0. The Hall–Kier alpha value is -0.380. The van der Waals surface area contributed by atoms with Crippen LogP contribution in [0.3, 0.4) is 0 Å². The van der Waals surface area contributed by atoms with Gasteiger partial charge < -0.3 is 10.4 Å². The predicted molar refractivity (Wildman–Crippen MR) is 64.0 cm³/mol. The molecule has 0 amide bonds. The predicted octanol–water partition coefficient (Wildman–Crippen LogP) is 0.997. The zero-order chi connectivity index (χ0) is 11.3. The Morgan fingerprint density at radius 2 is 2.20 bits per heavy atom. The zero-order valence-electron chi connectivity index (χ0n) is 10.00. The molecule has 1 rings (SSSR count). The maximum absolute atomic E-state index is 8.94. The van der Waals surface area contributed by atoms with E-state index in [1.54, 1.807) is 0 Å². The Kier molecular flexibility index (Phi) is 5.29. The normalized spacial score (nSPS) is 16.3. The number of hydrogen-bond acceptors (Lipinski definition) is 3. The highest BCUT2D eigenvalue weighted by molar-refractivity contribution is 5.02. The van der Waals surface area contributed by atoms with Crippen molar-refractivity contribution in [1.29, 1.82) is 0 Å². The van der Waals surface area contributed by atoms with E-state index in [1.165, 1.54) is 18.4 Å². The van der Waals surface area contributed by atoms with Gasteiger partial charge in [0.25, 0.3) is 0 Å². The largest absolute Gasteiger partial charge is 0.395 e. The molecule has 1 fully saturated rings. The van der Waals surface area contributed by atoms with Gasteiger partial charge in [-0.3, -0.25) is 4.90 Å². The lowest BCUT2D eigenvalue weighted by Crippen LogP contribution is -2.36. The van der Waals surface area contributed by atoms with Gasteiger partial charge in [-0.15, -0.1) is 0 Å². The Bertz CT molecular complexity index is 200. The molecule has 3 nitrogen and oxygen atoms in total. The molecule has 1 aliphatic rings. The van der Waals surface area contributed by atoms with Crippen LogP contribution in [0, 0.1) is 0 Å². The molecule has 0 atom stereocenters. The number of aliphatic hydroxyl groups excluding tert-OH is 1. The molecular weight excluding hydrogens is 188 g/mol. The maximum Gasteiger partial charge on any atom is 0.0558 e. The lowest BCUT2D eigenvalue weighted by molar-refractivity contribution is 0.176. The fourth-order valence-electron chi connectivity index (χ4n) is 1.57. The lowest BCUT2D eigenvalue weighted by Gasteiger charge is -2.26. The van der Waals surface area contributed by atoms with Gasteiger partial charge in [0.2, 0.25) is 0 Å². The summed E-state index contributed by atoms with van der Waals surface area (Å²) in [5.41, 5.74) is 1.21. The van der Waals surface area contributed by atoms with Crippen molar-refractivity contribution in [2.45, 2.75) is 38.8 Å². The maximum atomic E-state index is 8.94. The Balaban J connectivity index is 2.19. The van der Waals surface area contributed by atoms with Crippen LogP contribution >= 0.6 is 0 Å². The van der Waals surface area contributed by atoms with E-state index in [1.807, 2.05) is 0 Å². The first-order valence-electron chi connectivity index (χ1n) is 5.88. The highest BCUT2D eigenvalue weighted by Gasteiger charge is 2.20. The number of hydrogen-bond donors (Lipinski definition) is 2. The monoisotopic (exact) mass is 212 g/mol. The summed E-state index contributed by atoms with van der Waals surface area (Å²) in [6.07, 6.45) is 2.63. The SMILES string of the molecule is C=C(CNC1CC1)CN(CCO)C(C)C. The second kappa shape index (κ2) is 6.26. The van der Waals surface area contributed by atoms with Crippen LogP contribution in [0.5, 0.6) is 0 Å². The molecule has 3 heteroatoms. The molecular formula is C12H24N2O. The Morgan fingerprint density at radius 3 is 2.67 bits per heavy atom. The highest BCUT2D eigenvalue weighted by Crippen LogP contribution is 2.18. The van der Waals surface area contributed by atoms with Gasteiger partial charge in [0.1, 0.15) is 0 Å². The van der Waals surface area contributed by atoms with E-state index in [4.69, 9.17) is 5.11 Å². The lowest BCUT2D eigenvalue weighted by atomic mass is 10.2. The van der Waals surface area contributed by atoms with E-state index in [2.05, 4.69) is 30.6 Å². The van der Waals surface area contributed by atoms with Crippen LogP contribution < -0.4 is 5.32 Å². The first kappa shape index (κ1) is 12.7. The molecule has 0 heterocycles. The third-order valence-corrected chi connectivity index (χ3v) is 2.76. The smallest absolute Gasteiger partial charge is 0.0558 e. The van der Waals surface area contributed by atoms with Gasteiger partial charge in [-0.25, -0.2) is 0 Å². The van der Waals surface area contributed by atoms with E-state index < -0.39 is 0 Å². The minimum absolute atomic E-state index is 0.224. The summed E-state index contributed by atoms with van der Waals surface area (Å²) in [4.78, 5) is 2.25. The van der Waals surface area contributed by atoms with Crippen LogP contribution in [0.2, 0.25) is 0 Å². The second-order valence-corrected chi connectivity index (χ2v) is 4.69. The second-order valence-electron chi connectivity index (χ2n) is 4.69. The van der Waals surface area contributed by atoms with Crippen molar-refractivity contribution in [2.75, 3.05) is 26.2 Å². The molecule has 1 saturated carbocycles. The molecule has 0 saturated heterocycles. The number of nitrogens with one attached hydrogen (secondary N) is 1. The average molecular weight is 212 g/mol. The number of rotatable bonds is 8. The molecule has 15 heavy (non-hydrogen) atoms. The number of aliphatic hydroxyl groups is 1. The van der Waals surface area contributed by atoms with E-state index in [0.717, 1.165) is 25.7 Å². The van der Waals surface area contributed by atoms with Crippen LogP contribution in [0.25, 0.3) is 0 Å². The van der Waals surface area contributed by atoms with E-state index in [-0.39, 0.29) is 6.61 Å². The Labute approximate surface area is 93.2 Å². The Morgan fingerprint density at radius 1 is 1.53 bits per heavy atom. The van der Waals surface area contributed by atoms with E-state index in [9.17, 15) is 0 Å². The van der Waals surface area contributed by atoms with Crippen molar-refractivity contribution in [3.8, 4) is 0 Å². The standard InChI is InChI=1S/C12H24N2O/c1-10(2)14(6-7-15)9-11(3)8-13-12-4-5-12/h10,12-13,15H,3-9H2,1-2H3. The summed E-state index contributed by atoms with van der Waals surface area (Å²) in [7, 11) is 0. The molecule has 1 aliphatic carbocycles. The van der Waals surface area contributed by atoms with Gasteiger partial charge in [-0.2, -0.15) is 0 Å². The van der Waals surface area contributed by atoms with Gasteiger partial charge >= 0.3 is 0 Å². The summed E-state index contributed by atoms with van der Waals surface area (Å²) in [5, 5.41) is 12.4. The quantitative estimate of drug-likeness (QED) is 0.589. The van der Waals surface area contributed by atoms with Crippen molar-refractivity contribution in [3.63, 3.8) is 0 Å². The minimum Gasteiger partial charge on any atom is -0.395 e. The molecule has 0 aromatic rings. The molecule has 0 bridgehead atoms. The molecule has 0 radical (unpaired) electrons. The zero-order valence-corrected chi connectivity index (χ0v) is 10.00. The van der Waals surface area contributed by atoms with Gasteiger partial charge in [-0.05, 0) is 32.3 Å². The summed E-state index contributed by atoms with van der Waals surface area (Å²) in [5.74, 6) is 0. The fourth-order valence-corrected chi connectivity index (χ4v) is 1.57. The van der Waals surface area contributed by atoms with Crippen molar-refractivity contribution in [1.82, 2.24) is 10.2 Å². The molecule has 0 unspecified atom stereocenters. The van der Waals surface area contributed by atoms with Crippen LogP contribution in [-0.4, -0.2) is 48.3 Å². The number of nitrogens with zero attached hydrogens (tertiary/aromatic N) is 1. The first-order valence-corrected chi connectivity index (χ1v) is 5.88. The topological polar surface area (TPSA) is 35.5 Å². The first-order chi connectivity index (χ1) is 7.13. The van der Waals surface area contributed by atoms with Crippen LogP contribution in [0.1, 0.15) is 26.7 Å². The van der Waals surface area contributed by atoms with Crippen LogP contribution in [0.15, 0.2) is 12.2 Å². The molecule has 0 spiro atoms. The van der Waals surface area contributed by atoms with Crippen molar-refractivity contribution in [3.05, 3.63) is 12.2 Å². The van der Waals surface area contributed by atoms with Crippen molar-refractivity contribution >= 4 is 0 Å². The highest BCUT2D eigenvalue weighted by atomic mass is 16.3. The van der Waals surface area contributed by atoms with Gasteiger partial charge in [0.05, 0.1) is 6.61 Å². The van der Waals surface area contributed by atoms with Gasteiger partial charge in [-0.1, -0.05) is 6.58 Å². The molecule has 88 valence electrons. The van der Waals surface area contributed by atoms with Gasteiger partial charge in [0.15, 0.2) is 0 Å². The summed E-state index contributed by atoms with van der Waals surface area (Å²) in [6.45, 7) is 11.1. The van der Waals surface area contributed by atoms with Gasteiger partial charge in [0, 0.05) is 31.7 Å². The summed E-state index contributed by atoms with van der Waals surface area (Å²) in [6, 6.07) is 1.21. The van der Waals surface area contributed by atoms with E-state index in [0.29, 0.717) is 6.04 Å². The van der Waals surface area contributed by atoms with Crippen molar-refractivity contribution in [2.24, 2.45) is 0 Å². The average Bonchev–Trinajstić information content (AvgIpc) is 2.97. The fraction of sp³-hybridized carbons (Fsp3) is 0.833. The third kappa shape index (κ3) is 5.30. The molecule has 0 aromatic carbocycles. The van der Waals surface area contributed by atoms with Crippen LogP contribution in [0.4, 0.5) is 0 Å². The molecule has 2 N–H and O–H groups in total. The third-order valence-electron chi connectivity index (χ3n) is 2.76. The van der Waals surface area contributed by atoms with E-state index >= 15 is 0 Å². The minimum atomic E-state index is 0.224. The van der Waals surface area contributed by atoms with Crippen LogP contribution in [-0.2, 0) is 0 Å². The molecule has 0 aromatic heterocycles. The summed E-state index contributed by atoms with van der Waals surface area (Å²) >= 11 is 0. The molecule has 0 aliphatic heterocycles.